The first-order valence-electron chi connectivity index (χ1n) is 7.16. The summed E-state index contributed by atoms with van der Waals surface area (Å²) >= 11 is 5.59. The van der Waals surface area contributed by atoms with Gasteiger partial charge in [-0.3, -0.25) is 9.58 Å². The quantitative estimate of drug-likeness (QED) is 0.489. The van der Waals surface area contributed by atoms with Gasteiger partial charge in [-0.25, -0.2) is 0 Å². The third-order valence-corrected chi connectivity index (χ3v) is 3.34. The molecular weight excluding hydrogens is 262 g/mol. The summed E-state index contributed by atoms with van der Waals surface area (Å²) in [6.45, 7) is 11.6. The van der Waals surface area contributed by atoms with E-state index >= 15 is 0 Å². The monoisotopic (exact) mass is 287 g/mol. The van der Waals surface area contributed by atoms with Crippen LogP contribution in [0.3, 0.4) is 0 Å². The van der Waals surface area contributed by atoms with E-state index in [2.05, 4.69) is 41.5 Å². The summed E-state index contributed by atoms with van der Waals surface area (Å²) in [6.07, 6.45) is 0.991. The van der Waals surface area contributed by atoms with E-state index < -0.39 is 0 Å². The number of ether oxygens (including phenoxy) is 1. The number of aryl methyl sites for hydroxylation is 2. The minimum Gasteiger partial charge on any atom is -0.379 e. The Bertz CT molecular complexity index is 354. The lowest BCUT2D eigenvalue weighted by Crippen LogP contribution is -2.28. The highest BCUT2D eigenvalue weighted by Crippen LogP contribution is 2.09. The zero-order valence-corrected chi connectivity index (χ0v) is 13.1. The molecule has 1 heterocycles. The van der Waals surface area contributed by atoms with E-state index in [1.54, 1.807) is 0 Å². The van der Waals surface area contributed by atoms with Crippen molar-refractivity contribution < 1.29 is 4.74 Å². The molecule has 5 heteroatoms. The molecule has 0 saturated heterocycles. The van der Waals surface area contributed by atoms with Gasteiger partial charge in [0, 0.05) is 25.5 Å². The molecule has 4 nitrogen and oxygen atoms in total. The number of halogens is 1. The maximum absolute atomic E-state index is 5.59. The van der Waals surface area contributed by atoms with Gasteiger partial charge in [-0.05, 0) is 26.0 Å². The third kappa shape index (κ3) is 5.51. The van der Waals surface area contributed by atoms with Crippen LogP contribution in [0.5, 0.6) is 0 Å². The number of alkyl halides is 1. The highest BCUT2D eigenvalue weighted by molar-refractivity contribution is 6.17. The Kier molecular flexibility index (Phi) is 8.10. The number of nitrogens with zero attached hydrogens (tertiary/aromatic N) is 3. The van der Waals surface area contributed by atoms with Crippen LogP contribution in [0, 0.1) is 0 Å². The Morgan fingerprint density at radius 3 is 2.68 bits per heavy atom. The van der Waals surface area contributed by atoms with Crippen LogP contribution in [0.1, 0.15) is 32.2 Å². The van der Waals surface area contributed by atoms with E-state index in [0.29, 0.717) is 12.5 Å². The second-order valence-corrected chi connectivity index (χ2v) is 4.84. The lowest BCUT2D eigenvalue weighted by molar-refractivity contribution is 0.113. The first-order chi connectivity index (χ1) is 9.24. The molecule has 0 radical (unpaired) electrons. The minimum absolute atomic E-state index is 0.564. The van der Waals surface area contributed by atoms with Gasteiger partial charge in [0.25, 0.3) is 0 Å². The Hall–Kier alpha value is -0.580. The fraction of sp³-hybridized carbons (Fsp3) is 0.786. The Labute approximate surface area is 121 Å². The molecule has 0 bridgehead atoms. The van der Waals surface area contributed by atoms with Crippen LogP contribution in [0.25, 0.3) is 0 Å². The minimum atomic E-state index is 0.564. The molecule has 1 aromatic heterocycles. The van der Waals surface area contributed by atoms with Crippen molar-refractivity contribution in [3.05, 3.63) is 17.5 Å². The standard InChI is InChI=1S/C14H26ClN3O/c1-4-13-11-14(18(6-3)16-13)12-17(5-2)8-10-19-9-7-15/h11H,4-10,12H2,1-3H3. The third-order valence-electron chi connectivity index (χ3n) is 3.18. The zero-order valence-electron chi connectivity index (χ0n) is 12.4. The Balaban J connectivity index is 2.52. The zero-order chi connectivity index (χ0) is 14.1. The second-order valence-electron chi connectivity index (χ2n) is 4.47. The Morgan fingerprint density at radius 2 is 2.11 bits per heavy atom. The van der Waals surface area contributed by atoms with Crippen LogP contribution in [0.2, 0.25) is 0 Å². The summed E-state index contributed by atoms with van der Waals surface area (Å²) in [5.74, 6) is 0.564. The van der Waals surface area contributed by atoms with Crippen LogP contribution in [0.15, 0.2) is 6.07 Å². The van der Waals surface area contributed by atoms with Gasteiger partial charge in [0.1, 0.15) is 0 Å². The summed E-state index contributed by atoms with van der Waals surface area (Å²) in [5, 5.41) is 4.59. The molecule has 19 heavy (non-hydrogen) atoms. The fourth-order valence-corrected chi connectivity index (χ4v) is 2.13. The van der Waals surface area contributed by atoms with Crippen LogP contribution < -0.4 is 0 Å². The first kappa shape index (κ1) is 16.5. The molecule has 110 valence electrons. The summed E-state index contributed by atoms with van der Waals surface area (Å²) < 4.78 is 7.54. The summed E-state index contributed by atoms with van der Waals surface area (Å²) in [7, 11) is 0. The van der Waals surface area contributed by atoms with Crippen LogP contribution in [-0.2, 0) is 24.2 Å². The van der Waals surface area contributed by atoms with Crippen molar-refractivity contribution in [1.29, 1.82) is 0 Å². The average molecular weight is 288 g/mol. The van der Waals surface area contributed by atoms with Crippen molar-refractivity contribution in [2.24, 2.45) is 0 Å². The SMILES string of the molecule is CCc1cc(CN(CC)CCOCCCl)n(CC)n1. The van der Waals surface area contributed by atoms with Gasteiger partial charge in [0.05, 0.1) is 24.6 Å². The van der Waals surface area contributed by atoms with E-state index in [0.717, 1.165) is 39.2 Å². The smallest absolute Gasteiger partial charge is 0.0625 e. The molecule has 1 aromatic rings. The molecular formula is C14H26ClN3O. The molecule has 0 aliphatic heterocycles. The van der Waals surface area contributed by atoms with E-state index in [9.17, 15) is 0 Å². The molecule has 0 aromatic carbocycles. The van der Waals surface area contributed by atoms with E-state index in [1.165, 1.54) is 11.4 Å². The molecule has 0 atom stereocenters. The van der Waals surface area contributed by atoms with Gasteiger partial charge in [-0.15, -0.1) is 11.6 Å². The summed E-state index contributed by atoms with van der Waals surface area (Å²) in [5.41, 5.74) is 2.46. The van der Waals surface area contributed by atoms with Gasteiger partial charge < -0.3 is 4.74 Å². The number of rotatable bonds is 10. The summed E-state index contributed by atoms with van der Waals surface area (Å²) in [6, 6.07) is 2.21. The van der Waals surface area contributed by atoms with Crippen molar-refractivity contribution in [1.82, 2.24) is 14.7 Å². The average Bonchev–Trinajstić information content (AvgIpc) is 2.84. The van der Waals surface area contributed by atoms with E-state index in [-0.39, 0.29) is 0 Å². The highest BCUT2D eigenvalue weighted by atomic mass is 35.5. The molecule has 0 aliphatic rings. The molecule has 0 saturated carbocycles. The number of hydrogen-bond acceptors (Lipinski definition) is 3. The van der Waals surface area contributed by atoms with Crippen LogP contribution in [0.4, 0.5) is 0 Å². The summed E-state index contributed by atoms with van der Waals surface area (Å²) in [4.78, 5) is 2.37. The van der Waals surface area contributed by atoms with Crippen molar-refractivity contribution in [2.75, 3.05) is 32.2 Å². The van der Waals surface area contributed by atoms with Crippen LogP contribution in [-0.4, -0.2) is 46.9 Å². The van der Waals surface area contributed by atoms with Gasteiger partial charge in [0.15, 0.2) is 0 Å². The Morgan fingerprint density at radius 1 is 1.32 bits per heavy atom. The fourth-order valence-electron chi connectivity index (χ4n) is 2.02. The van der Waals surface area contributed by atoms with Crippen LogP contribution >= 0.6 is 11.6 Å². The lowest BCUT2D eigenvalue weighted by atomic mass is 10.3. The predicted octanol–water partition coefficient (Wildman–Crippen LogP) is 2.54. The highest BCUT2D eigenvalue weighted by Gasteiger charge is 2.10. The second kappa shape index (κ2) is 9.34. The lowest BCUT2D eigenvalue weighted by Gasteiger charge is -2.20. The topological polar surface area (TPSA) is 30.3 Å². The predicted molar refractivity (Wildman–Crippen MR) is 79.8 cm³/mol. The maximum Gasteiger partial charge on any atom is 0.0625 e. The molecule has 0 amide bonds. The molecule has 1 rings (SSSR count). The largest absolute Gasteiger partial charge is 0.379 e. The van der Waals surface area contributed by atoms with E-state index in [4.69, 9.17) is 16.3 Å². The van der Waals surface area contributed by atoms with Crippen molar-refractivity contribution in [3.8, 4) is 0 Å². The van der Waals surface area contributed by atoms with E-state index in [1.807, 2.05) is 0 Å². The maximum atomic E-state index is 5.59. The first-order valence-corrected chi connectivity index (χ1v) is 7.70. The molecule has 0 spiro atoms. The van der Waals surface area contributed by atoms with Gasteiger partial charge in [0.2, 0.25) is 0 Å². The van der Waals surface area contributed by atoms with Gasteiger partial charge in [-0.2, -0.15) is 5.10 Å². The number of hydrogen-bond donors (Lipinski definition) is 0. The van der Waals surface area contributed by atoms with Crippen molar-refractivity contribution in [2.45, 2.75) is 40.3 Å². The molecule has 0 fully saturated rings. The number of likely N-dealkylation sites (N-methyl/N-ethyl adjacent to an activating group) is 1. The van der Waals surface area contributed by atoms with Gasteiger partial charge >= 0.3 is 0 Å². The van der Waals surface area contributed by atoms with Crippen molar-refractivity contribution >= 4 is 11.6 Å². The van der Waals surface area contributed by atoms with Crippen molar-refractivity contribution in [3.63, 3.8) is 0 Å². The molecule has 0 aliphatic carbocycles. The normalized spacial score (nSPS) is 11.4. The number of aromatic nitrogens is 2. The molecule has 0 N–H and O–H groups in total. The van der Waals surface area contributed by atoms with Gasteiger partial charge in [-0.1, -0.05) is 13.8 Å². The molecule has 0 unspecified atom stereocenters.